The predicted octanol–water partition coefficient (Wildman–Crippen LogP) is 8.54. The summed E-state index contributed by atoms with van der Waals surface area (Å²) in [5.74, 6) is 2.61. The van der Waals surface area contributed by atoms with E-state index in [1.807, 2.05) is 17.0 Å². The van der Waals surface area contributed by atoms with Gasteiger partial charge in [0, 0.05) is 51.7 Å². The van der Waals surface area contributed by atoms with Crippen LogP contribution in [0.5, 0.6) is 0 Å². The maximum absolute atomic E-state index is 11.9. The number of hydrogen-bond donors (Lipinski definition) is 2. The Balaban J connectivity index is 1.13. The Kier molecular flexibility index (Phi) is 9.06. The molecule has 5 fully saturated rings. The average Bonchev–Trinajstić information content (AvgIpc) is 3.45. The zero-order chi connectivity index (χ0) is 35.9. The first-order valence-electron chi connectivity index (χ1n) is 20.0. The van der Waals surface area contributed by atoms with Crippen molar-refractivity contribution in [3.05, 3.63) is 53.6 Å². The molecule has 9 atom stereocenters. The maximum atomic E-state index is 11.9. The molecule has 1 aromatic rings. The van der Waals surface area contributed by atoms with Crippen LogP contribution < -0.4 is 5.32 Å². The van der Waals surface area contributed by atoms with Gasteiger partial charge in [-0.1, -0.05) is 65.0 Å². The third kappa shape index (κ3) is 5.39. The summed E-state index contributed by atoms with van der Waals surface area (Å²) in [5.41, 5.74) is 5.44. The van der Waals surface area contributed by atoms with Gasteiger partial charge in [0.05, 0.1) is 5.56 Å². The first-order chi connectivity index (χ1) is 23.6. The molecule has 274 valence electrons. The molecule has 1 aromatic carbocycles. The fourth-order valence-corrected chi connectivity index (χ4v) is 14.1. The first kappa shape index (κ1) is 35.9. The second-order valence-corrected chi connectivity index (χ2v) is 19.0. The quantitative estimate of drug-likeness (QED) is 0.282. The number of benzene rings is 1. The summed E-state index contributed by atoms with van der Waals surface area (Å²) in [5, 5.41) is 13.8. The highest BCUT2D eigenvalue weighted by molar-refractivity contribution is 5.88. The minimum absolute atomic E-state index is 0.0255. The smallest absolute Gasteiger partial charge is 0.335 e. The number of nitrogens with zero attached hydrogens (tertiary/aromatic N) is 2. The van der Waals surface area contributed by atoms with Gasteiger partial charge in [0.25, 0.3) is 0 Å². The molecule has 5 aliphatic carbocycles. The van der Waals surface area contributed by atoms with Crippen LogP contribution in [-0.2, 0) is 4.79 Å². The molecule has 0 radical (unpaired) electrons. The predicted molar refractivity (Wildman–Crippen MR) is 203 cm³/mol. The van der Waals surface area contributed by atoms with Crippen molar-refractivity contribution in [2.45, 2.75) is 112 Å². The molecule has 2 N–H and O–H groups in total. The molecule has 6 aliphatic rings. The third-order valence-electron chi connectivity index (χ3n) is 16.8. The van der Waals surface area contributed by atoms with Gasteiger partial charge in [0.2, 0.25) is 5.91 Å². The summed E-state index contributed by atoms with van der Waals surface area (Å²) < 4.78 is 0. The lowest BCUT2D eigenvalue weighted by Gasteiger charge is -2.72. The van der Waals surface area contributed by atoms with E-state index < -0.39 is 5.97 Å². The van der Waals surface area contributed by atoms with E-state index in [1.54, 1.807) is 19.1 Å². The van der Waals surface area contributed by atoms with Gasteiger partial charge in [-0.25, -0.2) is 4.79 Å². The van der Waals surface area contributed by atoms with Crippen LogP contribution in [0.3, 0.4) is 0 Å². The lowest BCUT2D eigenvalue weighted by molar-refractivity contribution is -0.219. The van der Waals surface area contributed by atoms with Crippen LogP contribution in [0.2, 0.25) is 0 Å². The molecular formula is C44H65N3O3. The van der Waals surface area contributed by atoms with Gasteiger partial charge in [0.15, 0.2) is 0 Å². The minimum atomic E-state index is -0.861. The highest BCUT2D eigenvalue weighted by atomic mass is 16.4. The maximum Gasteiger partial charge on any atom is 0.335 e. The number of aromatic carboxylic acids is 1. The number of carbonyl (C=O) groups is 2. The number of amides is 1. The van der Waals surface area contributed by atoms with E-state index in [2.05, 4.69) is 64.4 Å². The third-order valence-corrected chi connectivity index (χ3v) is 16.8. The van der Waals surface area contributed by atoms with Crippen molar-refractivity contribution in [1.29, 1.82) is 0 Å². The Labute approximate surface area is 302 Å². The molecule has 7 rings (SSSR count). The normalized spacial score (nSPS) is 40.9. The second kappa shape index (κ2) is 12.6. The van der Waals surface area contributed by atoms with Crippen molar-refractivity contribution >= 4 is 17.4 Å². The van der Waals surface area contributed by atoms with Crippen LogP contribution in [-0.4, -0.2) is 71.6 Å². The summed E-state index contributed by atoms with van der Waals surface area (Å²) in [7, 11) is 0. The summed E-state index contributed by atoms with van der Waals surface area (Å²) >= 11 is 0. The number of carboxylic acids is 1. The molecule has 1 amide bonds. The van der Waals surface area contributed by atoms with Gasteiger partial charge >= 0.3 is 5.97 Å². The SMILES string of the molecule is C=C(C)[C@@H]1CC[C@]2(NCCN3CCN(C(C)=O)CC3)CC[C@]3(C)[C@H](CC[C@@H]4[C@@]5(C)CC=C(c6ccc(C(=O)O)cc6)C(C)(C)[C@@H]5CC[C@]43C)[C@@H]12. The summed E-state index contributed by atoms with van der Waals surface area (Å²) in [6.07, 6.45) is 14.0. The number of allylic oxidation sites excluding steroid dienone is 3. The van der Waals surface area contributed by atoms with Gasteiger partial charge < -0.3 is 15.3 Å². The van der Waals surface area contributed by atoms with Gasteiger partial charge in [0.1, 0.15) is 0 Å². The highest BCUT2D eigenvalue weighted by Gasteiger charge is 2.70. The second-order valence-electron chi connectivity index (χ2n) is 19.0. The summed E-state index contributed by atoms with van der Waals surface area (Å²) in [4.78, 5) is 28.0. The summed E-state index contributed by atoms with van der Waals surface area (Å²) in [6, 6.07) is 7.63. The van der Waals surface area contributed by atoms with E-state index in [-0.39, 0.29) is 22.3 Å². The molecule has 4 saturated carbocycles. The van der Waals surface area contributed by atoms with E-state index in [4.69, 9.17) is 0 Å². The molecule has 1 heterocycles. The Morgan fingerprint density at radius 3 is 2.20 bits per heavy atom. The molecule has 0 unspecified atom stereocenters. The largest absolute Gasteiger partial charge is 0.478 e. The van der Waals surface area contributed by atoms with Gasteiger partial charge in [-0.2, -0.15) is 0 Å². The topological polar surface area (TPSA) is 72.9 Å². The molecular weight excluding hydrogens is 619 g/mol. The Hall–Kier alpha value is -2.44. The molecule has 0 aromatic heterocycles. The van der Waals surface area contributed by atoms with Crippen LogP contribution in [0.1, 0.15) is 122 Å². The molecule has 6 heteroatoms. The number of rotatable bonds is 7. The van der Waals surface area contributed by atoms with E-state index in [9.17, 15) is 14.7 Å². The molecule has 0 bridgehead atoms. The van der Waals surface area contributed by atoms with Crippen LogP contribution in [0.25, 0.3) is 5.57 Å². The molecule has 0 spiro atoms. The number of hydrogen-bond acceptors (Lipinski definition) is 4. The number of carboxylic acid groups (broad SMARTS) is 1. The van der Waals surface area contributed by atoms with Crippen molar-refractivity contribution in [1.82, 2.24) is 15.1 Å². The lowest BCUT2D eigenvalue weighted by Crippen LogP contribution is -2.68. The van der Waals surface area contributed by atoms with Gasteiger partial charge in [-0.3, -0.25) is 9.69 Å². The Morgan fingerprint density at radius 1 is 0.860 bits per heavy atom. The van der Waals surface area contributed by atoms with E-state index in [0.29, 0.717) is 46.0 Å². The van der Waals surface area contributed by atoms with Crippen LogP contribution in [0, 0.1) is 51.2 Å². The zero-order valence-corrected chi connectivity index (χ0v) is 32.2. The van der Waals surface area contributed by atoms with Crippen molar-refractivity contribution in [2.24, 2.45) is 51.2 Å². The average molecular weight is 684 g/mol. The molecule has 1 saturated heterocycles. The van der Waals surface area contributed by atoms with E-state index in [0.717, 1.165) is 45.7 Å². The molecule has 1 aliphatic heterocycles. The highest BCUT2D eigenvalue weighted by Crippen LogP contribution is 2.76. The van der Waals surface area contributed by atoms with Crippen LogP contribution in [0.4, 0.5) is 0 Å². The lowest BCUT2D eigenvalue weighted by atomic mass is 9.33. The minimum Gasteiger partial charge on any atom is -0.478 e. The molecule has 6 nitrogen and oxygen atoms in total. The van der Waals surface area contributed by atoms with Crippen LogP contribution >= 0.6 is 0 Å². The molecule has 50 heavy (non-hydrogen) atoms. The van der Waals surface area contributed by atoms with Gasteiger partial charge in [-0.15, -0.1) is 0 Å². The van der Waals surface area contributed by atoms with Gasteiger partial charge in [-0.05, 0) is 139 Å². The van der Waals surface area contributed by atoms with Crippen molar-refractivity contribution < 1.29 is 14.7 Å². The van der Waals surface area contributed by atoms with Crippen molar-refractivity contribution in [3.63, 3.8) is 0 Å². The number of fused-ring (bicyclic) bond motifs is 7. The Morgan fingerprint density at radius 2 is 1.56 bits per heavy atom. The first-order valence-corrected chi connectivity index (χ1v) is 20.0. The summed E-state index contributed by atoms with van der Waals surface area (Å²) in [6.45, 7) is 27.5. The fraction of sp³-hybridized carbons (Fsp3) is 0.727. The van der Waals surface area contributed by atoms with E-state index >= 15 is 0 Å². The van der Waals surface area contributed by atoms with Crippen molar-refractivity contribution in [2.75, 3.05) is 39.3 Å². The van der Waals surface area contributed by atoms with E-state index in [1.165, 1.54) is 68.1 Å². The van der Waals surface area contributed by atoms with Crippen molar-refractivity contribution in [3.8, 4) is 0 Å². The fourth-order valence-electron chi connectivity index (χ4n) is 14.1. The standard InChI is InChI=1S/C44H65N3O3/c1-29(2)33-15-20-44(45-23-24-46-25-27-47(28-26-46)30(3)48)22-21-42(7)35(38(33)44)13-14-37-41(6)18-16-34(31-9-11-32(12-10-31)39(49)50)40(4,5)36(41)17-19-43(37,42)8/h9-12,16,33,35-38,45H,1,13-15,17-28H2,2-8H3,(H,49,50)/t33-,35+,36-,37+,38+,41-,42+,43+,44-/m0/s1. The zero-order valence-electron chi connectivity index (χ0n) is 32.2. The number of carbonyl (C=O) groups excluding carboxylic acids is 1. The Bertz CT molecular complexity index is 1540. The number of piperazine rings is 1. The monoisotopic (exact) mass is 684 g/mol. The van der Waals surface area contributed by atoms with Crippen LogP contribution in [0.15, 0.2) is 42.5 Å². The number of nitrogens with one attached hydrogen (secondary N) is 1.